The van der Waals surface area contributed by atoms with Gasteiger partial charge < -0.3 is 4.57 Å². The smallest absolute Gasteiger partial charge is 0.295 e. The van der Waals surface area contributed by atoms with E-state index < -0.39 is 0 Å². The van der Waals surface area contributed by atoms with Gasteiger partial charge in [-0.1, -0.05) is 36.8 Å². The largest absolute Gasteiger partial charge is 0.327 e. The van der Waals surface area contributed by atoms with E-state index in [4.69, 9.17) is 4.84 Å². The number of carbonyl (C=O) groups excluding carboxylic acids is 1. The summed E-state index contributed by atoms with van der Waals surface area (Å²) in [5.41, 5.74) is 5.03. The number of amides is 1. The van der Waals surface area contributed by atoms with Crippen LogP contribution in [-0.2, 0) is 17.8 Å². The fourth-order valence-electron chi connectivity index (χ4n) is 2.90. The maximum atomic E-state index is 12.3. The van der Waals surface area contributed by atoms with Crippen LogP contribution < -0.4 is 5.48 Å². The van der Waals surface area contributed by atoms with Crippen molar-refractivity contribution in [3.63, 3.8) is 0 Å². The lowest BCUT2D eigenvalue weighted by Crippen LogP contribution is -2.25. The molecule has 0 unspecified atom stereocenters. The molecule has 0 saturated carbocycles. The number of nitrogens with zero attached hydrogens (tertiary/aromatic N) is 2. The molecule has 22 heavy (non-hydrogen) atoms. The SMILES string of the molecule is CCONC(=O)c1nc(-c2ccccc2)n2c1CCCCC2. The van der Waals surface area contributed by atoms with Crippen LogP contribution in [0.15, 0.2) is 30.3 Å². The molecule has 5 heteroatoms. The highest BCUT2D eigenvalue weighted by Gasteiger charge is 2.24. The van der Waals surface area contributed by atoms with Crippen molar-refractivity contribution in [3.05, 3.63) is 41.7 Å². The molecule has 0 atom stereocenters. The Kier molecular flexibility index (Phi) is 4.53. The molecule has 116 valence electrons. The summed E-state index contributed by atoms with van der Waals surface area (Å²) in [6.07, 6.45) is 4.28. The molecule has 2 heterocycles. The molecule has 1 aromatic heterocycles. The van der Waals surface area contributed by atoms with Gasteiger partial charge in [-0.15, -0.1) is 0 Å². The molecule has 0 radical (unpaired) electrons. The molecule has 1 aromatic carbocycles. The molecule has 0 saturated heterocycles. The standard InChI is InChI=1S/C17H21N3O2/c1-2-22-19-17(21)15-14-11-7-4-8-12-20(14)16(18-15)13-9-5-3-6-10-13/h3,5-6,9-10H,2,4,7-8,11-12H2,1H3,(H,19,21). The van der Waals surface area contributed by atoms with Crippen molar-refractivity contribution in [1.29, 1.82) is 0 Å². The van der Waals surface area contributed by atoms with Gasteiger partial charge in [0, 0.05) is 12.1 Å². The van der Waals surface area contributed by atoms with Crippen LogP contribution in [0.5, 0.6) is 0 Å². The molecule has 0 fully saturated rings. The third-order valence-corrected chi connectivity index (χ3v) is 3.92. The van der Waals surface area contributed by atoms with Crippen molar-refractivity contribution in [2.75, 3.05) is 6.61 Å². The first-order valence-electron chi connectivity index (χ1n) is 7.88. The van der Waals surface area contributed by atoms with E-state index in [1.807, 2.05) is 37.3 Å². The van der Waals surface area contributed by atoms with Crippen molar-refractivity contribution in [2.45, 2.75) is 39.2 Å². The fraction of sp³-hybridized carbons (Fsp3) is 0.412. The normalized spacial score (nSPS) is 14.2. The minimum absolute atomic E-state index is 0.255. The lowest BCUT2D eigenvalue weighted by Gasteiger charge is -2.08. The highest BCUT2D eigenvalue weighted by atomic mass is 16.6. The van der Waals surface area contributed by atoms with E-state index in [2.05, 4.69) is 15.0 Å². The Bertz CT molecular complexity index is 649. The second-order valence-electron chi connectivity index (χ2n) is 5.42. The van der Waals surface area contributed by atoms with Crippen molar-refractivity contribution >= 4 is 5.91 Å². The Hall–Kier alpha value is -2.14. The van der Waals surface area contributed by atoms with E-state index in [9.17, 15) is 4.79 Å². The molecule has 2 aromatic rings. The van der Waals surface area contributed by atoms with Gasteiger partial charge in [-0.05, 0) is 26.2 Å². The predicted molar refractivity (Wildman–Crippen MR) is 84.3 cm³/mol. The van der Waals surface area contributed by atoms with Crippen molar-refractivity contribution in [1.82, 2.24) is 15.0 Å². The van der Waals surface area contributed by atoms with E-state index in [0.29, 0.717) is 12.3 Å². The Labute approximate surface area is 130 Å². The van der Waals surface area contributed by atoms with Crippen LogP contribution >= 0.6 is 0 Å². The number of benzene rings is 1. The summed E-state index contributed by atoms with van der Waals surface area (Å²) in [7, 11) is 0. The van der Waals surface area contributed by atoms with Crippen molar-refractivity contribution < 1.29 is 9.63 Å². The van der Waals surface area contributed by atoms with Crippen LogP contribution in [-0.4, -0.2) is 22.1 Å². The van der Waals surface area contributed by atoms with E-state index in [-0.39, 0.29) is 5.91 Å². The summed E-state index contributed by atoms with van der Waals surface area (Å²) in [5, 5.41) is 0. The predicted octanol–water partition coefficient (Wildman–Crippen LogP) is 2.96. The average Bonchev–Trinajstić information content (AvgIpc) is 2.75. The van der Waals surface area contributed by atoms with E-state index in [1.165, 1.54) is 6.42 Å². The van der Waals surface area contributed by atoms with E-state index in [0.717, 1.165) is 42.9 Å². The third-order valence-electron chi connectivity index (χ3n) is 3.92. The molecule has 1 aliphatic heterocycles. The number of hydroxylamine groups is 1. The van der Waals surface area contributed by atoms with Crippen LogP contribution in [0.2, 0.25) is 0 Å². The minimum Gasteiger partial charge on any atom is -0.327 e. The van der Waals surface area contributed by atoms with Gasteiger partial charge in [0.15, 0.2) is 5.69 Å². The summed E-state index contributed by atoms with van der Waals surface area (Å²) in [4.78, 5) is 22.0. The second-order valence-corrected chi connectivity index (χ2v) is 5.42. The summed E-state index contributed by atoms with van der Waals surface area (Å²) in [5.74, 6) is 0.619. The molecule has 3 rings (SSSR count). The Morgan fingerprint density at radius 1 is 1.27 bits per heavy atom. The van der Waals surface area contributed by atoms with Gasteiger partial charge in [0.05, 0.1) is 12.3 Å². The number of rotatable bonds is 4. The number of hydrogen-bond acceptors (Lipinski definition) is 3. The highest BCUT2D eigenvalue weighted by molar-refractivity contribution is 5.93. The molecule has 1 amide bonds. The number of fused-ring (bicyclic) bond motifs is 1. The van der Waals surface area contributed by atoms with Crippen LogP contribution in [0.4, 0.5) is 0 Å². The highest BCUT2D eigenvalue weighted by Crippen LogP contribution is 2.27. The number of hydrogen-bond donors (Lipinski definition) is 1. The monoisotopic (exact) mass is 299 g/mol. The number of carbonyl (C=O) groups is 1. The van der Waals surface area contributed by atoms with Gasteiger partial charge in [0.1, 0.15) is 5.82 Å². The lowest BCUT2D eigenvalue weighted by atomic mass is 10.1. The van der Waals surface area contributed by atoms with E-state index >= 15 is 0 Å². The van der Waals surface area contributed by atoms with Crippen molar-refractivity contribution in [3.8, 4) is 11.4 Å². The first-order chi connectivity index (χ1) is 10.8. The lowest BCUT2D eigenvalue weighted by molar-refractivity contribution is 0.0359. The number of nitrogens with one attached hydrogen (secondary N) is 1. The zero-order chi connectivity index (χ0) is 15.4. The Morgan fingerprint density at radius 3 is 2.86 bits per heavy atom. The zero-order valence-corrected chi connectivity index (χ0v) is 12.8. The molecule has 0 bridgehead atoms. The summed E-state index contributed by atoms with van der Waals surface area (Å²) >= 11 is 0. The van der Waals surface area contributed by atoms with Crippen LogP contribution in [0, 0.1) is 0 Å². The van der Waals surface area contributed by atoms with Gasteiger partial charge >= 0.3 is 0 Å². The molecule has 0 spiro atoms. The molecular weight excluding hydrogens is 278 g/mol. The van der Waals surface area contributed by atoms with Crippen LogP contribution in [0.25, 0.3) is 11.4 Å². The van der Waals surface area contributed by atoms with Gasteiger partial charge in [-0.3, -0.25) is 9.63 Å². The third kappa shape index (κ3) is 2.90. The van der Waals surface area contributed by atoms with Crippen LogP contribution in [0.3, 0.4) is 0 Å². The maximum Gasteiger partial charge on any atom is 0.295 e. The first kappa shape index (κ1) is 14.8. The Balaban J connectivity index is 2.04. The Morgan fingerprint density at radius 2 is 2.09 bits per heavy atom. The molecular formula is C17H21N3O2. The van der Waals surface area contributed by atoms with Gasteiger partial charge in [-0.2, -0.15) is 0 Å². The van der Waals surface area contributed by atoms with E-state index in [1.54, 1.807) is 0 Å². The average molecular weight is 299 g/mol. The summed E-state index contributed by atoms with van der Waals surface area (Å²) in [6, 6.07) is 10.0. The van der Waals surface area contributed by atoms with Gasteiger partial charge in [0.25, 0.3) is 5.91 Å². The molecule has 0 aliphatic carbocycles. The maximum absolute atomic E-state index is 12.3. The topological polar surface area (TPSA) is 56.1 Å². The summed E-state index contributed by atoms with van der Waals surface area (Å²) in [6.45, 7) is 3.19. The number of aromatic nitrogens is 2. The first-order valence-corrected chi connectivity index (χ1v) is 7.88. The zero-order valence-electron chi connectivity index (χ0n) is 12.8. The summed E-state index contributed by atoms with van der Waals surface area (Å²) < 4.78 is 2.20. The molecule has 1 N–H and O–H groups in total. The van der Waals surface area contributed by atoms with Gasteiger partial charge in [-0.25, -0.2) is 10.5 Å². The second kappa shape index (κ2) is 6.75. The van der Waals surface area contributed by atoms with Gasteiger partial charge in [0.2, 0.25) is 0 Å². The molecule has 5 nitrogen and oxygen atoms in total. The molecule has 1 aliphatic rings. The number of imidazole rings is 1. The van der Waals surface area contributed by atoms with Crippen LogP contribution in [0.1, 0.15) is 42.4 Å². The minimum atomic E-state index is -0.255. The van der Waals surface area contributed by atoms with Crippen molar-refractivity contribution in [2.24, 2.45) is 0 Å². The quantitative estimate of drug-likeness (QED) is 0.883. The fourth-order valence-corrected chi connectivity index (χ4v) is 2.90.